The molecule has 3 heteroatoms. The van der Waals surface area contributed by atoms with E-state index in [-0.39, 0.29) is 12.3 Å². The third kappa shape index (κ3) is 1.52. The molecule has 1 aliphatic carbocycles. The van der Waals surface area contributed by atoms with Crippen molar-refractivity contribution >= 4 is 17.5 Å². The Bertz CT molecular complexity index is 623. The van der Waals surface area contributed by atoms with E-state index in [0.29, 0.717) is 0 Å². The standard InChI is InChI=1S/C14H9NOS/c1-3-7-11-9(5-1)13-14(16-13)15-10-6-2-4-8-12(10)17-11/h1-7,13-14H. The van der Waals surface area contributed by atoms with Gasteiger partial charge in [0, 0.05) is 4.90 Å². The van der Waals surface area contributed by atoms with Crippen molar-refractivity contribution in [1.82, 2.24) is 0 Å². The van der Waals surface area contributed by atoms with Crippen molar-refractivity contribution in [3.8, 4) is 0 Å². The third-order valence-electron chi connectivity index (χ3n) is 2.97. The smallest absolute Gasteiger partial charge is 0.180 e. The number of allylic oxidation sites excluding steroid dienone is 3. The van der Waals surface area contributed by atoms with Gasteiger partial charge in [0.25, 0.3) is 0 Å². The molecule has 1 saturated heterocycles. The molecule has 2 nitrogen and oxygen atoms in total. The zero-order valence-corrected chi connectivity index (χ0v) is 9.78. The first-order valence-corrected chi connectivity index (χ1v) is 6.37. The number of fused-ring (bicyclic) bond motifs is 4. The minimum absolute atomic E-state index is 0.00778. The number of epoxide rings is 1. The van der Waals surface area contributed by atoms with E-state index in [0.717, 1.165) is 10.6 Å². The molecule has 0 saturated carbocycles. The van der Waals surface area contributed by atoms with Crippen molar-refractivity contribution in [1.29, 1.82) is 0 Å². The minimum Gasteiger partial charge on any atom is -0.341 e. The van der Waals surface area contributed by atoms with Crippen molar-refractivity contribution < 1.29 is 4.74 Å². The van der Waals surface area contributed by atoms with E-state index >= 15 is 0 Å². The second-order valence-electron chi connectivity index (χ2n) is 4.10. The van der Waals surface area contributed by atoms with Crippen LogP contribution in [-0.2, 0) is 4.74 Å². The Morgan fingerprint density at radius 2 is 2.24 bits per heavy atom. The Labute approximate surface area is 103 Å². The Balaban J connectivity index is 1.90. The second kappa shape index (κ2) is 3.47. The summed E-state index contributed by atoms with van der Waals surface area (Å²) >= 11 is 1.72. The highest BCUT2D eigenvalue weighted by Crippen LogP contribution is 2.47. The van der Waals surface area contributed by atoms with Crippen molar-refractivity contribution in [3.63, 3.8) is 0 Å². The molecule has 0 aromatic heterocycles. The lowest BCUT2D eigenvalue weighted by molar-refractivity contribution is 0.377. The Kier molecular flexibility index (Phi) is 1.94. The number of aliphatic imine (C=N–C) groups is 1. The maximum absolute atomic E-state index is 5.63. The predicted molar refractivity (Wildman–Crippen MR) is 68.1 cm³/mol. The van der Waals surface area contributed by atoms with E-state index in [1.807, 2.05) is 18.2 Å². The highest BCUT2D eigenvalue weighted by atomic mass is 32.2. The molecule has 0 bridgehead atoms. The normalized spacial score (nSPS) is 28.0. The van der Waals surface area contributed by atoms with Crippen molar-refractivity contribution in [2.24, 2.45) is 4.99 Å². The largest absolute Gasteiger partial charge is 0.341 e. The highest BCUT2D eigenvalue weighted by molar-refractivity contribution is 8.04. The fraction of sp³-hybridized carbons (Fsp3) is 0.143. The van der Waals surface area contributed by atoms with Crippen LogP contribution in [0.25, 0.3) is 0 Å². The van der Waals surface area contributed by atoms with E-state index < -0.39 is 0 Å². The zero-order chi connectivity index (χ0) is 11.2. The number of benzene rings is 1. The number of nitrogens with zero attached hydrogens (tertiary/aromatic N) is 1. The van der Waals surface area contributed by atoms with Crippen LogP contribution in [-0.4, -0.2) is 11.9 Å². The number of hydrogen-bond acceptors (Lipinski definition) is 3. The van der Waals surface area contributed by atoms with E-state index in [9.17, 15) is 0 Å². The number of thioether (sulfide) groups is 1. The maximum atomic E-state index is 5.63. The highest BCUT2D eigenvalue weighted by Gasteiger charge is 2.43. The first-order chi connectivity index (χ1) is 8.42. The first-order valence-electron chi connectivity index (χ1n) is 5.55. The third-order valence-corrected chi connectivity index (χ3v) is 4.09. The van der Waals surface area contributed by atoms with Crippen LogP contribution < -0.4 is 0 Å². The van der Waals surface area contributed by atoms with E-state index in [1.165, 1.54) is 10.5 Å². The summed E-state index contributed by atoms with van der Waals surface area (Å²) in [4.78, 5) is 6.92. The lowest BCUT2D eigenvalue weighted by atomic mass is 10.1. The summed E-state index contributed by atoms with van der Waals surface area (Å²) in [7, 11) is 0. The van der Waals surface area contributed by atoms with Gasteiger partial charge in [0.15, 0.2) is 6.23 Å². The topological polar surface area (TPSA) is 24.9 Å². The molecule has 82 valence electrons. The number of ether oxygens (including phenoxy) is 1. The summed E-state index contributed by atoms with van der Waals surface area (Å²) < 4.78 is 5.63. The molecule has 2 heterocycles. The monoisotopic (exact) mass is 239 g/mol. The van der Waals surface area contributed by atoms with Crippen LogP contribution in [0.3, 0.4) is 0 Å². The molecular weight excluding hydrogens is 230 g/mol. The van der Waals surface area contributed by atoms with Gasteiger partial charge in [0.2, 0.25) is 0 Å². The van der Waals surface area contributed by atoms with E-state index in [1.54, 1.807) is 11.8 Å². The van der Waals surface area contributed by atoms with Crippen molar-refractivity contribution in [3.05, 3.63) is 58.7 Å². The molecule has 0 N–H and O–H groups in total. The van der Waals surface area contributed by atoms with Gasteiger partial charge >= 0.3 is 0 Å². The molecule has 1 aromatic rings. The van der Waals surface area contributed by atoms with Crippen molar-refractivity contribution in [2.45, 2.75) is 17.2 Å². The van der Waals surface area contributed by atoms with Crippen molar-refractivity contribution in [2.75, 3.05) is 0 Å². The van der Waals surface area contributed by atoms with Gasteiger partial charge in [-0.15, -0.1) is 5.73 Å². The van der Waals surface area contributed by atoms with Crippen LogP contribution in [0.4, 0.5) is 0 Å². The van der Waals surface area contributed by atoms with Gasteiger partial charge < -0.3 is 4.74 Å². The average Bonchev–Trinajstić information content (AvgIpc) is 3.08. The molecule has 2 atom stereocenters. The summed E-state index contributed by atoms with van der Waals surface area (Å²) in [5, 5.41) is 0. The SMILES string of the molecule is C1=CC=CC2=NC3OC3c3ccccc3SC=12. The van der Waals surface area contributed by atoms with Crippen LogP contribution >= 0.6 is 11.8 Å². The molecule has 4 rings (SSSR count). The van der Waals surface area contributed by atoms with Crippen LogP contribution in [0.15, 0.2) is 63.0 Å². The average molecular weight is 239 g/mol. The molecule has 0 amide bonds. The Hall–Kier alpha value is -1.54. The summed E-state index contributed by atoms with van der Waals surface area (Å²) in [6.07, 6.45) is 6.05. The molecule has 2 aliphatic heterocycles. The second-order valence-corrected chi connectivity index (χ2v) is 5.15. The maximum Gasteiger partial charge on any atom is 0.180 e. The quantitative estimate of drug-likeness (QED) is 0.513. The molecule has 17 heavy (non-hydrogen) atoms. The lowest BCUT2D eigenvalue weighted by Gasteiger charge is -2.12. The zero-order valence-electron chi connectivity index (χ0n) is 8.96. The number of hydrogen-bond donors (Lipinski definition) is 0. The molecule has 0 radical (unpaired) electrons. The van der Waals surface area contributed by atoms with E-state index in [4.69, 9.17) is 4.74 Å². The van der Waals surface area contributed by atoms with Gasteiger partial charge in [-0.2, -0.15) is 0 Å². The molecule has 1 fully saturated rings. The fourth-order valence-corrected chi connectivity index (χ4v) is 3.10. The minimum atomic E-state index is -0.00778. The first kappa shape index (κ1) is 9.49. The Morgan fingerprint density at radius 1 is 1.29 bits per heavy atom. The van der Waals surface area contributed by atoms with Crippen LogP contribution in [0, 0.1) is 0 Å². The lowest BCUT2D eigenvalue weighted by Crippen LogP contribution is -2.03. The molecule has 0 spiro atoms. The molecule has 3 aliphatic rings. The Morgan fingerprint density at radius 3 is 3.24 bits per heavy atom. The van der Waals surface area contributed by atoms with Gasteiger partial charge in [-0.05, 0) is 23.8 Å². The van der Waals surface area contributed by atoms with Crippen LogP contribution in [0.1, 0.15) is 11.7 Å². The fourth-order valence-electron chi connectivity index (χ4n) is 2.08. The van der Waals surface area contributed by atoms with Crippen LogP contribution in [0.5, 0.6) is 0 Å². The summed E-state index contributed by atoms with van der Waals surface area (Å²) in [5.41, 5.74) is 5.48. The van der Waals surface area contributed by atoms with Gasteiger partial charge in [-0.25, -0.2) is 4.99 Å². The molecule has 2 unspecified atom stereocenters. The molecular formula is C14H9NOS. The molecule has 1 aromatic carbocycles. The van der Waals surface area contributed by atoms with Crippen LogP contribution in [0.2, 0.25) is 0 Å². The summed E-state index contributed by atoms with van der Waals surface area (Å²) in [6.45, 7) is 0. The predicted octanol–water partition coefficient (Wildman–Crippen LogP) is 3.24. The number of rotatable bonds is 0. The summed E-state index contributed by atoms with van der Waals surface area (Å²) in [5.74, 6) is 0. The van der Waals surface area contributed by atoms with Gasteiger partial charge in [-0.3, -0.25) is 0 Å². The van der Waals surface area contributed by atoms with Gasteiger partial charge in [0.05, 0.1) is 10.6 Å². The summed E-state index contributed by atoms with van der Waals surface area (Å²) in [6, 6.07) is 8.37. The van der Waals surface area contributed by atoms with Gasteiger partial charge in [-0.1, -0.05) is 36.0 Å². The van der Waals surface area contributed by atoms with Gasteiger partial charge in [0.1, 0.15) is 6.10 Å². The van der Waals surface area contributed by atoms with E-state index in [2.05, 4.69) is 35.0 Å².